The van der Waals surface area contributed by atoms with E-state index in [0.717, 1.165) is 12.0 Å². The Kier molecular flexibility index (Phi) is 6.05. The molecule has 0 saturated carbocycles. The van der Waals surface area contributed by atoms with Gasteiger partial charge in [0.2, 0.25) is 11.8 Å². The van der Waals surface area contributed by atoms with Crippen molar-refractivity contribution in [2.45, 2.75) is 56.5 Å². The second-order valence-corrected chi connectivity index (χ2v) is 10.1. The Morgan fingerprint density at radius 3 is 2.60 bits per heavy atom. The number of hydrogen-bond donors (Lipinski definition) is 1. The van der Waals surface area contributed by atoms with Gasteiger partial charge in [-0.3, -0.25) is 14.4 Å². The Hall–Kier alpha value is -2.97. The summed E-state index contributed by atoms with van der Waals surface area (Å²) in [6.07, 6.45) is 8.89. The molecule has 4 aliphatic heterocycles. The van der Waals surface area contributed by atoms with Gasteiger partial charge in [-0.25, -0.2) is 0 Å². The molecule has 2 amide bonds. The van der Waals surface area contributed by atoms with Gasteiger partial charge in [0, 0.05) is 13.1 Å². The second-order valence-electron chi connectivity index (χ2n) is 10.1. The van der Waals surface area contributed by atoms with Crippen LogP contribution in [0.1, 0.15) is 32.3 Å². The standard InChI is InChI=1S/C27H32N2O6/c1-18(17-30)29-22-24(32)28(16-19-10-5-3-6-11-19)14-9-13-27(22)20(23(29)31)21-25(33)34-15-8-4-7-12-26(21,2)35-27/h3,5-7,9-13,18,20-22,30H,4,8,14-17H2,1-2H3/b12-7-/t18-,20+,21-,22?,26+,27+/m1/s1. The van der Waals surface area contributed by atoms with Gasteiger partial charge in [0.05, 0.1) is 30.8 Å². The molecule has 4 heterocycles. The highest BCUT2D eigenvalue weighted by Gasteiger charge is 2.75. The number of benzene rings is 1. The smallest absolute Gasteiger partial charge is 0.313 e. The van der Waals surface area contributed by atoms with Crippen LogP contribution >= 0.6 is 0 Å². The molecule has 35 heavy (non-hydrogen) atoms. The van der Waals surface area contributed by atoms with Crippen molar-refractivity contribution in [3.05, 3.63) is 60.2 Å². The number of carbonyl (C=O) groups excluding carboxylic acids is 3. The van der Waals surface area contributed by atoms with Gasteiger partial charge in [-0.15, -0.1) is 0 Å². The van der Waals surface area contributed by atoms with Gasteiger partial charge in [-0.2, -0.15) is 0 Å². The first kappa shape index (κ1) is 23.8. The van der Waals surface area contributed by atoms with Crippen molar-refractivity contribution in [3.63, 3.8) is 0 Å². The molecule has 2 fully saturated rings. The quantitative estimate of drug-likeness (QED) is 0.522. The number of likely N-dealkylation sites (tertiary alicyclic amines) is 1. The zero-order valence-electron chi connectivity index (χ0n) is 20.1. The number of fused-ring (bicyclic) bond motifs is 2. The third kappa shape index (κ3) is 3.70. The van der Waals surface area contributed by atoms with E-state index in [0.29, 0.717) is 19.5 Å². The minimum atomic E-state index is -1.34. The van der Waals surface area contributed by atoms with Gasteiger partial charge in [0.25, 0.3) is 0 Å². The first-order valence-electron chi connectivity index (χ1n) is 12.3. The third-order valence-corrected chi connectivity index (χ3v) is 7.73. The first-order valence-corrected chi connectivity index (χ1v) is 12.3. The largest absolute Gasteiger partial charge is 0.465 e. The van der Waals surface area contributed by atoms with Crippen LogP contribution in [0.4, 0.5) is 0 Å². The zero-order valence-corrected chi connectivity index (χ0v) is 20.1. The minimum Gasteiger partial charge on any atom is -0.465 e. The Bertz CT molecular complexity index is 1070. The van der Waals surface area contributed by atoms with E-state index in [-0.39, 0.29) is 25.0 Å². The lowest BCUT2D eigenvalue weighted by atomic mass is 9.74. The maximum Gasteiger partial charge on any atom is 0.313 e. The van der Waals surface area contributed by atoms with Gasteiger partial charge in [-0.1, -0.05) is 54.6 Å². The number of aliphatic hydroxyl groups is 1. The summed E-state index contributed by atoms with van der Waals surface area (Å²) in [6, 6.07) is 8.03. The summed E-state index contributed by atoms with van der Waals surface area (Å²) in [5.74, 6) is -2.95. The Morgan fingerprint density at radius 2 is 1.86 bits per heavy atom. The lowest BCUT2D eigenvalue weighted by molar-refractivity contribution is -0.161. The second kappa shape index (κ2) is 8.91. The fraction of sp³-hybridized carbons (Fsp3) is 0.519. The molecular weight excluding hydrogens is 448 g/mol. The number of aliphatic hydroxyl groups excluding tert-OH is 1. The lowest BCUT2D eigenvalue weighted by Crippen LogP contribution is -2.58. The topological polar surface area (TPSA) is 96.4 Å². The Morgan fingerprint density at radius 1 is 1.09 bits per heavy atom. The normalized spacial score (nSPS) is 36.3. The van der Waals surface area contributed by atoms with Crippen molar-refractivity contribution in [3.8, 4) is 0 Å². The van der Waals surface area contributed by atoms with Gasteiger partial charge < -0.3 is 24.4 Å². The molecule has 8 nitrogen and oxygen atoms in total. The summed E-state index contributed by atoms with van der Waals surface area (Å²) < 4.78 is 12.3. The average Bonchev–Trinajstić information content (AvgIpc) is 3.21. The fourth-order valence-corrected chi connectivity index (χ4v) is 6.13. The molecular formula is C27H32N2O6. The summed E-state index contributed by atoms with van der Waals surface area (Å²) in [5.41, 5.74) is -1.48. The van der Waals surface area contributed by atoms with Crippen LogP contribution in [0.25, 0.3) is 0 Å². The maximum atomic E-state index is 14.1. The van der Waals surface area contributed by atoms with E-state index in [9.17, 15) is 19.5 Å². The molecule has 1 unspecified atom stereocenters. The van der Waals surface area contributed by atoms with E-state index in [1.807, 2.05) is 48.6 Å². The molecule has 6 atom stereocenters. The highest BCUT2D eigenvalue weighted by molar-refractivity contribution is 5.99. The molecule has 2 saturated heterocycles. The predicted octanol–water partition coefficient (Wildman–Crippen LogP) is 1.83. The number of hydrogen-bond acceptors (Lipinski definition) is 6. The highest BCUT2D eigenvalue weighted by atomic mass is 16.6. The van der Waals surface area contributed by atoms with Gasteiger partial charge in [-0.05, 0) is 32.3 Å². The average molecular weight is 481 g/mol. The number of amides is 2. The van der Waals surface area contributed by atoms with Gasteiger partial charge >= 0.3 is 5.97 Å². The van der Waals surface area contributed by atoms with E-state index < -0.39 is 41.1 Å². The number of cyclic esters (lactones) is 1. The number of ether oxygens (including phenoxy) is 2. The van der Waals surface area contributed by atoms with Gasteiger partial charge in [0.1, 0.15) is 17.6 Å². The molecule has 0 bridgehead atoms. The van der Waals surface area contributed by atoms with Crippen LogP contribution in [0, 0.1) is 11.8 Å². The molecule has 1 N–H and O–H groups in total. The van der Waals surface area contributed by atoms with Crippen LogP contribution < -0.4 is 0 Å². The lowest BCUT2D eigenvalue weighted by Gasteiger charge is -2.39. The SMILES string of the molecule is C[C@H](CO)N1C(=O)[C@@H]2[C@@H]3C(=O)OCCC/C=C\[C@]3(C)O[C@@]23C=CCN(Cc2ccccc2)C(=O)C13. The fourth-order valence-electron chi connectivity index (χ4n) is 6.13. The van der Waals surface area contributed by atoms with E-state index in [4.69, 9.17) is 9.47 Å². The van der Waals surface area contributed by atoms with E-state index >= 15 is 0 Å². The number of rotatable bonds is 4. The first-order chi connectivity index (χ1) is 16.8. The molecule has 0 aromatic heterocycles. The zero-order chi connectivity index (χ0) is 24.8. The molecule has 0 aliphatic carbocycles. The molecule has 1 aromatic carbocycles. The summed E-state index contributed by atoms with van der Waals surface area (Å²) in [7, 11) is 0. The van der Waals surface area contributed by atoms with Crippen LogP contribution in [0.5, 0.6) is 0 Å². The Balaban J connectivity index is 1.61. The van der Waals surface area contributed by atoms with Crippen molar-refractivity contribution in [2.24, 2.45) is 11.8 Å². The molecule has 1 aromatic rings. The molecule has 186 valence electrons. The number of esters is 1. The van der Waals surface area contributed by atoms with E-state index in [1.54, 1.807) is 24.8 Å². The highest BCUT2D eigenvalue weighted by Crippen LogP contribution is 2.57. The summed E-state index contributed by atoms with van der Waals surface area (Å²) in [5, 5.41) is 10.00. The van der Waals surface area contributed by atoms with Crippen molar-refractivity contribution in [1.29, 1.82) is 0 Å². The predicted molar refractivity (Wildman–Crippen MR) is 127 cm³/mol. The number of nitrogens with zero attached hydrogens (tertiary/aromatic N) is 2. The van der Waals surface area contributed by atoms with Crippen LogP contribution in [0.2, 0.25) is 0 Å². The number of allylic oxidation sites excluding steroid dienone is 1. The van der Waals surface area contributed by atoms with E-state index in [1.165, 1.54) is 4.90 Å². The van der Waals surface area contributed by atoms with Gasteiger partial charge in [0.15, 0.2) is 0 Å². The van der Waals surface area contributed by atoms with Crippen LogP contribution in [-0.4, -0.2) is 75.7 Å². The van der Waals surface area contributed by atoms with Crippen molar-refractivity contribution >= 4 is 17.8 Å². The summed E-state index contributed by atoms with van der Waals surface area (Å²) in [4.78, 5) is 44.6. The molecule has 5 rings (SSSR count). The van der Waals surface area contributed by atoms with Crippen LogP contribution in [0.15, 0.2) is 54.6 Å². The van der Waals surface area contributed by atoms with Crippen molar-refractivity contribution in [1.82, 2.24) is 9.80 Å². The molecule has 1 spiro atoms. The van der Waals surface area contributed by atoms with Crippen LogP contribution in [0.3, 0.4) is 0 Å². The van der Waals surface area contributed by atoms with Crippen LogP contribution in [-0.2, 0) is 30.4 Å². The maximum absolute atomic E-state index is 14.1. The monoisotopic (exact) mass is 480 g/mol. The Labute approximate surface area is 205 Å². The summed E-state index contributed by atoms with van der Waals surface area (Å²) >= 11 is 0. The minimum absolute atomic E-state index is 0.262. The number of carbonyl (C=O) groups is 3. The van der Waals surface area contributed by atoms with E-state index in [2.05, 4.69) is 0 Å². The van der Waals surface area contributed by atoms with Crippen molar-refractivity contribution < 1.29 is 29.0 Å². The molecule has 0 radical (unpaired) electrons. The molecule has 4 aliphatic rings. The van der Waals surface area contributed by atoms with Crippen molar-refractivity contribution in [2.75, 3.05) is 19.8 Å². The summed E-state index contributed by atoms with van der Waals surface area (Å²) in [6.45, 7) is 4.18. The third-order valence-electron chi connectivity index (χ3n) is 7.73. The molecule has 8 heteroatoms.